The standard InChI is InChI=1S/C10H10ClN5O/c1-7-6-16(10(17)15-14-7)13-5-8-2-3-9(11)12-4-8/h2-5H,6H2,1H3,(H,15,17)/b13-5+. The molecule has 1 aliphatic rings. The van der Waals surface area contributed by atoms with Crippen LogP contribution in [0.4, 0.5) is 4.79 Å². The van der Waals surface area contributed by atoms with Gasteiger partial charge in [-0.15, -0.1) is 0 Å². The smallest absolute Gasteiger partial charge is 0.245 e. The van der Waals surface area contributed by atoms with Gasteiger partial charge in [0.1, 0.15) is 5.15 Å². The zero-order valence-corrected chi connectivity index (χ0v) is 9.85. The number of hydrogen-bond acceptors (Lipinski definition) is 4. The van der Waals surface area contributed by atoms with E-state index >= 15 is 0 Å². The van der Waals surface area contributed by atoms with Crippen molar-refractivity contribution in [2.45, 2.75) is 6.92 Å². The number of aromatic nitrogens is 1. The first-order chi connectivity index (χ1) is 8.15. The zero-order chi connectivity index (χ0) is 12.3. The van der Waals surface area contributed by atoms with Gasteiger partial charge in [0.05, 0.1) is 18.5 Å². The Morgan fingerprint density at radius 2 is 2.41 bits per heavy atom. The molecule has 0 unspecified atom stereocenters. The Morgan fingerprint density at radius 1 is 1.59 bits per heavy atom. The Hall–Kier alpha value is -1.95. The molecule has 1 aromatic rings. The summed E-state index contributed by atoms with van der Waals surface area (Å²) in [6.45, 7) is 2.19. The van der Waals surface area contributed by atoms with Crippen molar-refractivity contribution in [2.75, 3.05) is 6.54 Å². The fourth-order valence-electron chi connectivity index (χ4n) is 1.22. The number of amides is 2. The zero-order valence-electron chi connectivity index (χ0n) is 9.09. The quantitative estimate of drug-likeness (QED) is 0.639. The second kappa shape index (κ2) is 4.92. The molecular weight excluding hydrogens is 242 g/mol. The van der Waals surface area contributed by atoms with Gasteiger partial charge in [0, 0.05) is 11.8 Å². The normalized spacial score (nSPS) is 16.0. The minimum Gasteiger partial charge on any atom is -0.245 e. The van der Waals surface area contributed by atoms with E-state index in [1.54, 1.807) is 24.5 Å². The van der Waals surface area contributed by atoms with Crippen molar-refractivity contribution in [1.82, 2.24) is 15.4 Å². The Kier molecular flexibility index (Phi) is 3.34. The molecule has 2 amide bonds. The number of halogens is 1. The van der Waals surface area contributed by atoms with Crippen molar-refractivity contribution < 1.29 is 4.79 Å². The van der Waals surface area contributed by atoms with Crippen molar-refractivity contribution in [1.29, 1.82) is 0 Å². The van der Waals surface area contributed by atoms with Crippen LogP contribution in [0.3, 0.4) is 0 Å². The van der Waals surface area contributed by atoms with Crippen molar-refractivity contribution in [3.8, 4) is 0 Å². The van der Waals surface area contributed by atoms with E-state index in [0.717, 1.165) is 11.3 Å². The molecule has 1 N–H and O–H groups in total. The number of rotatable bonds is 2. The molecule has 2 heterocycles. The van der Waals surface area contributed by atoms with Gasteiger partial charge in [-0.2, -0.15) is 10.2 Å². The van der Waals surface area contributed by atoms with E-state index in [9.17, 15) is 4.79 Å². The van der Waals surface area contributed by atoms with Crippen LogP contribution in [0.25, 0.3) is 0 Å². The molecule has 0 saturated heterocycles. The minimum absolute atomic E-state index is 0.353. The minimum atomic E-state index is -0.353. The maximum Gasteiger partial charge on any atom is 0.358 e. The summed E-state index contributed by atoms with van der Waals surface area (Å²) in [5, 5.41) is 9.55. The summed E-state index contributed by atoms with van der Waals surface area (Å²) in [7, 11) is 0. The van der Waals surface area contributed by atoms with Gasteiger partial charge >= 0.3 is 6.03 Å². The van der Waals surface area contributed by atoms with Gasteiger partial charge in [-0.25, -0.2) is 20.2 Å². The maximum atomic E-state index is 11.4. The fraction of sp³-hybridized carbons (Fsp3) is 0.200. The molecule has 6 nitrogen and oxygen atoms in total. The van der Waals surface area contributed by atoms with Crippen LogP contribution in [0, 0.1) is 0 Å². The molecule has 0 saturated carbocycles. The van der Waals surface area contributed by atoms with Gasteiger partial charge in [0.25, 0.3) is 0 Å². The van der Waals surface area contributed by atoms with Gasteiger partial charge < -0.3 is 0 Å². The molecule has 2 rings (SSSR count). The molecule has 0 aliphatic carbocycles. The van der Waals surface area contributed by atoms with Gasteiger partial charge in [-0.05, 0) is 19.1 Å². The van der Waals surface area contributed by atoms with E-state index < -0.39 is 0 Å². The third-order valence-corrected chi connectivity index (χ3v) is 2.28. The van der Waals surface area contributed by atoms with Crippen LogP contribution in [-0.2, 0) is 0 Å². The summed E-state index contributed by atoms with van der Waals surface area (Å²) in [5.74, 6) is 0. The highest BCUT2D eigenvalue weighted by atomic mass is 35.5. The molecule has 0 spiro atoms. The highest BCUT2D eigenvalue weighted by Gasteiger charge is 2.16. The first kappa shape index (κ1) is 11.5. The molecule has 1 aliphatic heterocycles. The van der Waals surface area contributed by atoms with Crippen molar-refractivity contribution in [3.05, 3.63) is 29.0 Å². The van der Waals surface area contributed by atoms with Gasteiger partial charge in [-0.1, -0.05) is 11.6 Å². The molecule has 17 heavy (non-hydrogen) atoms. The second-order valence-electron chi connectivity index (χ2n) is 3.48. The summed E-state index contributed by atoms with van der Waals surface area (Å²) < 4.78 is 0. The predicted molar refractivity (Wildman–Crippen MR) is 65.2 cm³/mol. The van der Waals surface area contributed by atoms with E-state index in [1.165, 1.54) is 5.01 Å². The van der Waals surface area contributed by atoms with Crippen LogP contribution in [0.15, 0.2) is 28.5 Å². The summed E-state index contributed by atoms with van der Waals surface area (Å²) in [4.78, 5) is 15.3. The highest BCUT2D eigenvalue weighted by molar-refractivity contribution is 6.29. The monoisotopic (exact) mass is 251 g/mol. The average molecular weight is 252 g/mol. The average Bonchev–Trinajstić information content (AvgIpc) is 2.32. The lowest BCUT2D eigenvalue weighted by atomic mass is 10.3. The summed E-state index contributed by atoms with van der Waals surface area (Å²) in [6.07, 6.45) is 3.12. The number of hydrazone groups is 2. The van der Waals surface area contributed by atoms with Crippen LogP contribution in [0.5, 0.6) is 0 Å². The third kappa shape index (κ3) is 3.01. The van der Waals surface area contributed by atoms with Gasteiger partial charge in [0.15, 0.2) is 0 Å². The lowest BCUT2D eigenvalue weighted by Crippen LogP contribution is -2.42. The Labute approximate surface area is 103 Å². The highest BCUT2D eigenvalue weighted by Crippen LogP contribution is 2.04. The SMILES string of the molecule is CC1=NNC(=O)N(/N=C/c2ccc(Cl)nc2)C1. The largest absolute Gasteiger partial charge is 0.358 e. The first-order valence-electron chi connectivity index (χ1n) is 4.91. The number of carbonyl (C=O) groups is 1. The van der Waals surface area contributed by atoms with Crippen LogP contribution in [0.1, 0.15) is 12.5 Å². The summed E-state index contributed by atoms with van der Waals surface area (Å²) >= 11 is 5.66. The van der Waals surface area contributed by atoms with E-state index in [2.05, 4.69) is 20.6 Å². The lowest BCUT2D eigenvalue weighted by molar-refractivity contribution is 0.204. The molecule has 7 heteroatoms. The first-order valence-corrected chi connectivity index (χ1v) is 5.29. The van der Waals surface area contributed by atoms with E-state index in [1.807, 2.05) is 6.92 Å². The summed E-state index contributed by atoms with van der Waals surface area (Å²) in [5.41, 5.74) is 3.91. The van der Waals surface area contributed by atoms with Crippen molar-refractivity contribution >= 4 is 29.6 Å². The van der Waals surface area contributed by atoms with Crippen LogP contribution in [-0.4, -0.2) is 34.5 Å². The molecule has 1 aromatic heterocycles. The number of nitrogens with zero attached hydrogens (tertiary/aromatic N) is 4. The molecule has 0 aromatic carbocycles. The molecule has 0 fully saturated rings. The van der Waals surface area contributed by atoms with Gasteiger partial charge in [-0.3, -0.25) is 0 Å². The van der Waals surface area contributed by atoms with E-state index in [0.29, 0.717) is 11.7 Å². The molecule has 0 atom stereocenters. The fourth-order valence-corrected chi connectivity index (χ4v) is 1.33. The maximum absolute atomic E-state index is 11.4. The van der Waals surface area contributed by atoms with Crippen LogP contribution in [0.2, 0.25) is 5.15 Å². The van der Waals surface area contributed by atoms with E-state index in [4.69, 9.17) is 11.6 Å². The molecular formula is C10H10ClN5O. The second-order valence-corrected chi connectivity index (χ2v) is 3.87. The van der Waals surface area contributed by atoms with E-state index in [-0.39, 0.29) is 6.03 Å². The Balaban J connectivity index is 2.08. The summed E-state index contributed by atoms with van der Waals surface area (Å²) in [6, 6.07) is 3.07. The van der Waals surface area contributed by atoms with Crippen LogP contribution < -0.4 is 5.43 Å². The number of urea groups is 1. The number of pyridine rings is 1. The predicted octanol–water partition coefficient (Wildman–Crippen LogP) is 1.47. The third-order valence-electron chi connectivity index (χ3n) is 2.05. The Morgan fingerprint density at radius 3 is 3.12 bits per heavy atom. The van der Waals surface area contributed by atoms with Crippen LogP contribution >= 0.6 is 11.6 Å². The topological polar surface area (TPSA) is 70.0 Å². The lowest BCUT2D eigenvalue weighted by Gasteiger charge is -2.20. The molecule has 0 radical (unpaired) electrons. The molecule has 0 bridgehead atoms. The molecule has 88 valence electrons. The van der Waals surface area contributed by atoms with Crippen molar-refractivity contribution in [3.63, 3.8) is 0 Å². The number of hydrogen-bond donors (Lipinski definition) is 1. The van der Waals surface area contributed by atoms with Gasteiger partial charge in [0.2, 0.25) is 0 Å². The number of nitrogens with one attached hydrogen (secondary N) is 1. The number of carbonyl (C=O) groups excluding carboxylic acids is 1. The van der Waals surface area contributed by atoms with Crippen molar-refractivity contribution in [2.24, 2.45) is 10.2 Å². The Bertz CT molecular complexity index is 482.